The Kier molecular flexibility index (Phi) is 5.62. The van der Waals surface area contributed by atoms with Crippen LogP contribution in [0.15, 0.2) is 29.2 Å². The number of sulfonamides is 1. The van der Waals surface area contributed by atoms with Gasteiger partial charge in [0.15, 0.2) is 0 Å². The van der Waals surface area contributed by atoms with Gasteiger partial charge >= 0.3 is 0 Å². The van der Waals surface area contributed by atoms with E-state index in [2.05, 4.69) is 11.4 Å². The highest BCUT2D eigenvalue weighted by molar-refractivity contribution is 7.89. The molecule has 6 nitrogen and oxygen atoms in total. The lowest BCUT2D eigenvalue weighted by atomic mass is 10.2. The fourth-order valence-electron chi connectivity index (χ4n) is 2.19. The first-order valence-electron chi connectivity index (χ1n) is 7.49. The van der Waals surface area contributed by atoms with Crippen molar-refractivity contribution < 1.29 is 13.2 Å². The van der Waals surface area contributed by atoms with Crippen LogP contribution in [0.25, 0.3) is 0 Å². The number of likely N-dealkylation sites (N-methyl/N-ethyl adjacent to an activating group) is 1. The number of thiophene rings is 1. The van der Waals surface area contributed by atoms with E-state index in [1.165, 1.54) is 30.5 Å². The summed E-state index contributed by atoms with van der Waals surface area (Å²) in [5.74, 6) is -0.490. The summed E-state index contributed by atoms with van der Waals surface area (Å²) >= 11 is 1.30. The summed E-state index contributed by atoms with van der Waals surface area (Å²) in [7, 11) is -2.40. The van der Waals surface area contributed by atoms with E-state index in [1.807, 2.05) is 20.8 Å². The number of carbonyl (C=O) groups excluding carboxylic acids is 1. The van der Waals surface area contributed by atoms with Crippen molar-refractivity contribution in [1.82, 2.24) is 4.31 Å². The van der Waals surface area contributed by atoms with Crippen molar-refractivity contribution >= 4 is 32.3 Å². The molecule has 0 saturated heterocycles. The van der Waals surface area contributed by atoms with E-state index >= 15 is 0 Å². The lowest BCUT2D eigenvalue weighted by Gasteiger charge is -2.16. The van der Waals surface area contributed by atoms with Crippen molar-refractivity contribution in [2.75, 3.05) is 18.9 Å². The molecule has 0 unspecified atom stereocenters. The molecular weight excluding hydrogens is 358 g/mol. The van der Waals surface area contributed by atoms with Crippen LogP contribution in [0.3, 0.4) is 0 Å². The van der Waals surface area contributed by atoms with Crippen molar-refractivity contribution in [2.24, 2.45) is 0 Å². The average molecular weight is 377 g/mol. The maximum Gasteiger partial charge on any atom is 0.243 e. The van der Waals surface area contributed by atoms with E-state index in [0.29, 0.717) is 10.6 Å². The predicted octanol–water partition coefficient (Wildman–Crippen LogP) is 2.80. The van der Waals surface area contributed by atoms with Gasteiger partial charge in [0.2, 0.25) is 15.9 Å². The highest BCUT2D eigenvalue weighted by Gasteiger charge is 2.23. The smallest absolute Gasteiger partial charge is 0.243 e. The lowest BCUT2D eigenvalue weighted by molar-refractivity contribution is -0.116. The summed E-state index contributed by atoms with van der Waals surface area (Å²) < 4.78 is 26.0. The van der Waals surface area contributed by atoms with Gasteiger partial charge in [0.05, 0.1) is 17.0 Å². The van der Waals surface area contributed by atoms with Gasteiger partial charge in [-0.1, -0.05) is 17.7 Å². The maximum absolute atomic E-state index is 12.5. The molecule has 2 rings (SSSR count). The topological polar surface area (TPSA) is 90.3 Å². The summed E-state index contributed by atoms with van der Waals surface area (Å²) in [5.41, 5.74) is 2.19. The average Bonchev–Trinajstić information content (AvgIpc) is 2.81. The van der Waals surface area contributed by atoms with Crippen LogP contribution in [0.5, 0.6) is 0 Å². The van der Waals surface area contributed by atoms with Gasteiger partial charge in [-0.15, -0.1) is 11.3 Å². The molecule has 1 aromatic carbocycles. The van der Waals surface area contributed by atoms with Crippen LogP contribution in [0.4, 0.5) is 5.00 Å². The molecule has 0 aliphatic carbocycles. The van der Waals surface area contributed by atoms with E-state index in [9.17, 15) is 18.5 Å². The molecule has 0 spiro atoms. The summed E-state index contributed by atoms with van der Waals surface area (Å²) in [4.78, 5) is 13.3. The second-order valence-corrected chi connectivity index (χ2v) is 8.99. The van der Waals surface area contributed by atoms with Gasteiger partial charge in [-0.25, -0.2) is 8.42 Å². The number of anilines is 1. The van der Waals surface area contributed by atoms with Crippen molar-refractivity contribution in [2.45, 2.75) is 25.7 Å². The summed E-state index contributed by atoms with van der Waals surface area (Å²) in [5, 5.41) is 12.3. The van der Waals surface area contributed by atoms with Crippen LogP contribution in [0.1, 0.15) is 21.6 Å². The number of nitrogens with zero attached hydrogens (tertiary/aromatic N) is 2. The van der Waals surface area contributed by atoms with Gasteiger partial charge in [-0.05, 0) is 38.5 Å². The van der Waals surface area contributed by atoms with Crippen LogP contribution < -0.4 is 5.32 Å². The Balaban J connectivity index is 2.14. The number of benzene rings is 1. The van der Waals surface area contributed by atoms with E-state index in [4.69, 9.17) is 0 Å². The van der Waals surface area contributed by atoms with Crippen molar-refractivity contribution in [1.29, 1.82) is 5.26 Å². The Bertz CT molecular complexity index is 939. The van der Waals surface area contributed by atoms with Gasteiger partial charge < -0.3 is 5.32 Å². The second-order valence-electron chi connectivity index (χ2n) is 5.72. The van der Waals surface area contributed by atoms with E-state index in [-0.39, 0.29) is 11.4 Å². The molecule has 0 aliphatic heterocycles. The number of nitriles is 1. The van der Waals surface area contributed by atoms with Gasteiger partial charge in [0.25, 0.3) is 0 Å². The third kappa shape index (κ3) is 4.07. The zero-order chi connectivity index (χ0) is 18.8. The zero-order valence-corrected chi connectivity index (χ0v) is 16.1. The molecule has 1 heterocycles. The first-order chi connectivity index (χ1) is 11.7. The summed E-state index contributed by atoms with van der Waals surface area (Å²) in [6.07, 6.45) is 0. The fourth-order valence-corrected chi connectivity index (χ4v) is 4.35. The van der Waals surface area contributed by atoms with E-state index in [1.54, 1.807) is 12.1 Å². The SMILES string of the molecule is Cc1ccc(S(=O)(=O)N(C)CC(=O)Nc2sc(C)c(C)c2C#N)cc1. The molecule has 0 saturated carbocycles. The maximum atomic E-state index is 12.5. The highest BCUT2D eigenvalue weighted by Crippen LogP contribution is 2.31. The second kappa shape index (κ2) is 7.35. The van der Waals surface area contributed by atoms with Crippen LogP contribution in [0, 0.1) is 32.1 Å². The molecule has 1 N–H and O–H groups in total. The van der Waals surface area contributed by atoms with Crippen molar-refractivity contribution in [3.63, 3.8) is 0 Å². The Labute approximate surface area is 151 Å². The molecule has 8 heteroatoms. The molecule has 0 bridgehead atoms. The molecule has 0 aliphatic rings. The normalized spacial score (nSPS) is 11.4. The number of amides is 1. The van der Waals surface area contributed by atoms with Crippen LogP contribution in [0.2, 0.25) is 0 Å². The van der Waals surface area contributed by atoms with Crippen LogP contribution in [-0.4, -0.2) is 32.2 Å². The van der Waals surface area contributed by atoms with E-state index in [0.717, 1.165) is 20.3 Å². The molecule has 1 aromatic heterocycles. The molecule has 25 heavy (non-hydrogen) atoms. The molecule has 1 amide bonds. The minimum Gasteiger partial charge on any atom is -0.315 e. The number of hydrogen-bond acceptors (Lipinski definition) is 5. The Morgan fingerprint density at radius 2 is 1.84 bits per heavy atom. The number of carbonyl (C=O) groups is 1. The molecular formula is C17H19N3O3S2. The third-order valence-electron chi connectivity index (χ3n) is 3.85. The minimum absolute atomic E-state index is 0.133. The molecule has 0 radical (unpaired) electrons. The largest absolute Gasteiger partial charge is 0.315 e. The number of aryl methyl sites for hydroxylation is 2. The predicted molar refractivity (Wildman–Crippen MR) is 98.1 cm³/mol. The van der Waals surface area contributed by atoms with Crippen LogP contribution in [-0.2, 0) is 14.8 Å². The first kappa shape index (κ1) is 19.1. The molecule has 2 aromatic rings. The molecule has 0 atom stereocenters. The van der Waals surface area contributed by atoms with Crippen LogP contribution >= 0.6 is 11.3 Å². The summed E-state index contributed by atoms with van der Waals surface area (Å²) in [6, 6.07) is 8.51. The standard InChI is InChI=1S/C17H19N3O3S2/c1-11-5-7-14(8-6-11)25(22,23)20(4)10-16(21)19-17-15(9-18)12(2)13(3)24-17/h5-8H,10H2,1-4H3,(H,19,21). The third-order valence-corrected chi connectivity index (χ3v) is 6.79. The number of nitrogens with one attached hydrogen (secondary N) is 1. The fraction of sp³-hybridized carbons (Fsp3) is 0.294. The Morgan fingerprint density at radius 3 is 2.40 bits per heavy atom. The first-order valence-corrected chi connectivity index (χ1v) is 9.75. The number of hydrogen-bond donors (Lipinski definition) is 1. The molecule has 132 valence electrons. The Hall–Kier alpha value is -2.21. The van der Waals surface area contributed by atoms with Gasteiger partial charge in [-0.2, -0.15) is 9.57 Å². The van der Waals surface area contributed by atoms with Crippen molar-refractivity contribution in [3.8, 4) is 6.07 Å². The van der Waals surface area contributed by atoms with Gasteiger partial charge in [0, 0.05) is 11.9 Å². The van der Waals surface area contributed by atoms with Gasteiger partial charge in [0.1, 0.15) is 11.1 Å². The number of rotatable bonds is 5. The highest BCUT2D eigenvalue weighted by atomic mass is 32.2. The lowest BCUT2D eigenvalue weighted by Crippen LogP contribution is -2.34. The summed E-state index contributed by atoms with van der Waals surface area (Å²) in [6.45, 7) is 5.21. The van der Waals surface area contributed by atoms with Crippen molar-refractivity contribution in [3.05, 3.63) is 45.8 Å². The van der Waals surface area contributed by atoms with Gasteiger partial charge in [-0.3, -0.25) is 4.79 Å². The minimum atomic E-state index is -3.75. The van der Waals surface area contributed by atoms with E-state index < -0.39 is 15.9 Å². The molecule has 0 fully saturated rings. The Morgan fingerprint density at radius 1 is 1.24 bits per heavy atom. The quantitative estimate of drug-likeness (QED) is 0.867. The monoisotopic (exact) mass is 377 g/mol. The zero-order valence-electron chi connectivity index (χ0n) is 14.5.